The Morgan fingerprint density at radius 2 is 1.82 bits per heavy atom. The van der Waals surface area contributed by atoms with Gasteiger partial charge in [0, 0.05) is 12.6 Å². The van der Waals surface area contributed by atoms with E-state index in [4.69, 9.17) is 11.6 Å². The van der Waals surface area contributed by atoms with Crippen LogP contribution in [0.25, 0.3) is 0 Å². The molecule has 140 valence electrons. The van der Waals surface area contributed by atoms with Gasteiger partial charge >= 0.3 is 0 Å². The fourth-order valence-corrected chi connectivity index (χ4v) is 3.45. The van der Waals surface area contributed by atoms with Crippen LogP contribution in [0.1, 0.15) is 22.4 Å². The van der Waals surface area contributed by atoms with Crippen molar-refractivity contribution in [1.29, 1.82) is 0 Å². The summed E-state index contributed by atoms with van der Waals surface area (Å²) in [5.74, 6) is -0.180. The number of fused-ring (bicyclic) bond motifs is 1. The van der Waals surface area contributed by atoms with Gasteiger partial charge in [-0.25, -0.2) is 4.68 Å². The molecule has 2 heterocycles. The largest absolute Gasteiger partial charge is 0.309 e. The quantitative estimate of drug-likeness (QED) is 0.503. The van der Waals surface area contributed by atoms with E-state index in [9.17, 15) is 4.79 Å². The minimum Gasteiger partial charge on any atom is -0.309 e. The number of para-hydroxylation sites is 1. The Bertz CT molecular complexity index is 1100. The van der Waals surface area contributed by atoms with Crippen molar-refractivity contribution in [3.63, 3.8) is 0 Å². The number of amides is 1. The number of anilines is 1. The lowest BCUT2D eigenvalue weighted by Crippen LogP contribution is -2.25. The van der Waals surface area contributed by atoms with Crippen molar-refractivity contribution >= 4 is 35.1 Å². The molecule has 0 unspecified atom stereocenters. The fraction of sp³-hybridized carbons (Fsp3) is 0.143. The molecule has 0 saturated carbocycles. The van der Waals surface area contributed by atoms with Gasteiger partial charge in [-0.3, -0.25) is 4.79 Å². The average molecular weight is 392 g/mol. The summed E-state index contributed by atoms with van der Waals surface area (Å²) in [7, 11) is 1.72. The summed E-state index contributed by atoms with van der Waals surface area (Å²) < 4.78 is 1.73. The van der Waals surface area contributed by atoms with Crippen LogP contribution in [-0.4, -0.2) is 34.7 Å². The second kappa shape index (κ2) is 7.40. The summed E-state index contributed by atoms with van der Waals surface area (Å²) >= 11 is 6.49. The molecule has 4 rings (SSSR count). The van der Waals surface area contributed by atoms with Crippen molar-refractivity contribution in [3.8, 4) is 0 Å². The predicted molar refractivity (Wildman–Crippen MR) is 112 cm³/mol. The van der Waals surface area contributed by atoms with Gasteiger partial charge in [0.2, 0.25) is 0 Å². The van der Waals surface area contributed by atoms with Crippen LogP contribution in [0.4, 0.5) is 5.69 Å². The molecule has 0 fully saturated rings. The molecule has 0 N–H and O–H groups in total. The summed E-state index contributed by atoms with van der Waals surface area (Å²) in [6.45, 7) is 2.44. The summed E-state index contributed by atoms with van der Waals surface area (Å²) in [6.07, 6.45) is 1.55. The third-order valence-electron chi connectivity index (χ3n) is 4.66. The van der Waals surface area contributed by atoms with Gasteiger partial charge in [-0.05, 0) is 18.6 Å². The van der Waals surface area contributed by atoms with Crippen molar-refractivity contribution < 1.29 is 4.79 Å². The van der Waals surface area contributed by atoms with Crippen LogP contribution >= 0.6 is 11.6 Å². The maximum atomic E-state index is 12.4. The van der Waals surface area contributed by atoms with Crippen molar-refractivity contribution in [3.05, 3.63) is 82.1 Å². The number of halogens is 1. The molecule has 28 heavy (non-hydrogen) atoms. The van der Waals surface area contributed by atoms with Crippen LogP contribution in [0.3, 0.4) is 0 Å². The molecule has 0 radical (unpaired) electrons. The molecule has 7 heteroatoms. The molecule has 2 aromatic carbocycles. The molecular weight excluding hydrogens is 374 g/mol. The topological polar surface area (TPSA) is 62.9 Å². The zero-order valence-corrected chi connectivity index (χ0v) is 16.3. The highest BCUT2D eigenvalue weighted by Crippen LogP contribution is 2.27. The second-order valence-electron chi connectivity index (χ2n) is 6.51. The normalized spacial score (nSPS) is 15.0. The van der Waals surface area contributed by atoms with Crippen molar-refractivity contribution in [2.45, 2.75) is 13.5 Å². The van der Waals surface area contributed by atoms with Gasteiger partial charge in [0.05, 0.1) is 29.7 Å². The zero-order chi connectivity index (χ0) is 19.7. The summed E-state index contributed by atoms with van der Waals surface area (Å²) in [5.41, 5.74) is 4.46. The molecule has 0 spiro atoms. The van der Waals surface area contributed by atoms with Crippen LogP contribution in [0.15, 0.2) is 64.8 Å². The lowest BCUT2D eigenvalue weighted by atomic mass is 10.1. The van der Waals surface area contributed by atoms with Gasteiger partial charge in [0.1, 0.15) is 5.15 Å². The summed E-state index contributed by atoms with van der Waals surface area (Å²) in [5, 5.41) is 13.3. The number of carbonyl (C=O) groups is 1. The second-order valence-corrected chi connectivity index (χ2v) is 6.87. The minimum atomic E-state index is -0.180. The number of benzene rings is 2. The van der Waals surface area contributed by atoms with Crippen molar-refractivity contribution in [1.82, 2.24) is 9.78 Å². The van der Waals surface area contributed by atoms with Crippen LogP contribution in [0.2, 0.25) is 5.15 Å². The zero-order valence-electron chi connectivity index (χ0n) is 15.5. The van der Waals surface area contributed by atoms with Gasteiger partial charge in [-0.1, -0.05) is 60.1 Å². The minimum absolute atomic E-state index is 0.180. The Labute approximate surface area is 167 Å². The molecule has 0 aliphatic carbocycles. The van der Waals surface area contributed by atoms with E-state index in [0.717, 1.165) is 22.5 Å². The molecule has 0 bridgehead atoms. The van der Waals surface area contributed by atoms with Crippen molar-refractivity contribution in [2.75, 3.05) is 11.9 Å². The SMILES string of the molecule is Cc1nn(Cc2ccccc2)c(Cl)c1/C=N\N=C1\C(=O)N(C)c2ccccc21. The third kappa shape index (κ3) is 3.23. The number of carbonyl (C=O) groups excluding carboxylic acids is 1. The third-order valence-corrected chi connectivity index (χ3v) is 5.06. The monoisotopic (exact) mass is 391 g/mol. The van der Waals surface area contributed by atoms with Gasteiger partial charge in [0.15, 0.2) is 5.71 Å². The average Bonchev–Trinajstić information content (AvgIpc) is 3.11. The van der Waals surface area contributed by atoms with E-state index >= 15 is 0 Å². The van der Waals surface area contributed by atoms with E-state index in [1.807, 2.05) is 61.5 Å². The lowest BCUT2D eigenvalue weighted by molar-refractivity contribution is -0.111. The molecule has 1 amide bonds. The molecule has 1 aliphatic rings. The van der Waals surface area contributed by atoms with E-state index < -0.39 is 0 Å². The highest BCUT2D eigenvalue weighted by atomic mass is 35.5. The first-order valence-corrected chi connectivity index (χ1v) is 9.19. The van der Waals surface area contributed by atoms with Gasteiger partial charge in [0.25, 0.3) is 5.91 Å². The van der Waals surface area contributed by atoms with E-state index in [1.165, 1.54) is 0 Å². The maximum Gasteiger partial charge on any atom is 0.279 e. The molecule has 1 aromatic heterocycles. The highest BCUT2D eigenvalue weighted by Gasteiger charge is 2.31. The van der Waals surface area contributed by atoms with Gasteiger partial charge in [-0.2, -0.15) is 10.2 Å². The Kier molecular flexibility index (Phi) is 4.79. The molecule has 1 aliphatic heterocycles. The Morgan fingerprint density at radius 1 is 1.11 bits per heavy atom. The molecule has 0 atom stereocenters. The maximum absolute atomic E-state index is 12.4. The van der Waals surface area contributed by atoms with E-state index in [1.54, 1.807) is 22.8 Å². The first-order chi connectivity index (χ1) is 13.6. The number of likely N-dealkylation sites (N-methyl/N-ethyl adjacent to an activating group) is 1. The standard InChI is InChI=1S/C21H18ClN5O/c1-14-17(20(22)27(25-14)13-15-8-4-3-5-9-15)12-23-24-19-16-10-6-7-11-18(16)26(2)21(19)28/h3-12H,13H2,1-2H3/b23-12-,24-19+. The number of rotatable bonds is 4. The van der Waals surface area contributed by atoms with Crippen LogP contribution in [0.5, 0.6) is 0 Å². The van der Waals surface area contributed by atoms with Crippen LogP contribution < -0.4 is 4.90 Å². The lowest BCUT2D eigenvalue weighted by Gasteiger charge is -2.07. The van der Waals surface area contributed by atoms with Gasteiger partial charge < -0.3 is 4.90 Å². The smallest absolute Gasteiger partial charge is 0.279 e. The Balaban J connectivity index is 1.61. The number of hydrogen-bond acceptors (Lipinski definition) is 4. The van der Waals surface area contributed by atoms with E-state index in [2.05, 4.69) is 15.3 Å². The molecule has 3 aromatic rings. The summed E-state index contributed by atoms with van der Waals surface area (Å²) in [6, 6.07) is 17.5. The molecule has 0 saturated heterocycles. The number of aryl methyl sites for hydroxylation is 1. The van der Waals surface area contributed by atoms with E-state index in [0.29, 0.717) is 23.0 Å². The first-order valence-electron chi connectivity index (χ1n) is 8.81. The van der Waals surface area contributed by atoms with Gasteiger partial charge in [-0.15, -0.1) is 5.10 Å². The highest BCUT2D eigenvalue weighted by molar-refractivity contribution is 6.54. The molecule has 6 nitrogen and oxygen atoms in total. The number of nitrogens with zero attached hydrogens (tertiary/aromatic N) is 5. The van der Waals surface area contributed by atoms with Crippen LogP contribution in [-0.2, 0) is 11.3 Å². The summed E-state index contributed by atoms with van der Waals surface area (Å²) in [4.78, 5) is 14.0. The predicted octanol–water partition coefficient (Wildman–Crippen LogP) is 3.69. The van der Waals surface area contributed by atoms with Crippen molar-refractivity contribution in [2.24, 2.45) is 10.2 Å². The van der Waals surface area contributed by atoms with E-state index in [-0.39, 0.29) is 5.91 Å². The Morgan fingerprint density at radius 3 is 2.61 bits per heavy atom. The first kappa shape index (κ1) is 18.1. The fourth-order valence-electron chi connectivity index (χ4n) is 3.17. The molecular formula is C21H18ClN5O. The Hall–Kier alpha value is -3.25. The van der Waals surface area contributed by atoms with Crippen LogP contribution in [0, 0.1) is 6.92 Å². The number of aromatic nitrogens is 2. The number of hydrogen-bond donors (Lipinski definition) is 0.